The van der Waals surface area contributed by atoms with Crippen molar-refractivity contribution in [2.24, 2.45) is 7.05 Å². The van der Waals surface area contributed by atoms with Gasteiger partial charge in [0.05, 0.1) is 30.2 Å². The van der Waals surface area contributed by atoms with Crippen LogP contribution in [0.5, 0.6) is 0 Å². The smallest absolute Gasteiger partial charge is 0.274 e. The third-order valence-corrected chi connectivity index (χ3v) is 13.2. The second kappa shape index (κ2) is 10.1. The average Bonchev–Trinajstić information content (AvgIpc) is 3.26. The summed E-state index contributed by atoms with van der Waals surface area (Å²) in [4.78, 5) is 22.1. The molecule has 4 heterocycles. The van der Waals surface area contributed by atoms with Crippen LogP contribution >= 0.6 is 0 Å². The Kier molecular flexibility index (Phi) is 7.11. The number of pyridine rings is 1. The van der Waals surface area contributed by atoms with E-state index in [1.807, 2.05) is 18.2 Å². The van der Waals surface area contributed by atoms with Crippen molar-refractivity contribution in [3.63, 3.8) is 0 Å². The standard InChI is InChI=1S/C30H38N6O3Si/c1-29(2,3)40(6,7)39-18-30(4)17-33-26-20(15-31)12-19(13-22(26)30)23-8-10-32-28(34-23)35-24-14-21-16-38-11-9-25(21)36(5)27(24)37/h8,10,12-14,33H,9,11,16-18H2,1-7H3,(H,32,34,35)/t30-/m1/s1. The fraction of sp³-hybridized carbons (Fsp3) is 0.467. The second-order valence-corrected chi connectivity index (χ2v) is 17.4. The van der Waals surface area contributed by atoms with Crippen LogP contribution in [0, 0.1) is 11.3 Å². The molecule has 2 aliphatic rings. The van der Waals surface area contributed by atoms with Gasteiger partial charge in [-0.3, -0.25) is 4.79 Å². The number of aromatic nitrogens is 3. The van der Waals surface area contributed by atoms with Gasteiger partial charge in [0.25, 0.3) is 5.56 Å². The lowest BCUT2D eigenvalue weighted by Gasteiger charge is -2.39. The highest BCUT2D eigenvalue weighted by Gasteiger charge is 2.42. The Bertz CT molecular complexity index is 1570. The summed E-state index contributed by atoms with van der Waals surface area (Å²) in [7, 11) is -0.179. The maximum absolute atomic E-state index is 13.0. The molecule has 0 unspecified atom stereocenters. The van der Waals surface area contributed by atoms with Gasteiger partial charge in [0.15, 0.2) is 8.32 Å². The summed E-state index contributed by atoms with van der Waals surface area (Å²) in [5.74, 6) is 0.312. The van der Waals surface area contributed by atoms with Gasteiger partial charge >= 0.3 is 0 Å². The van der Waals surface area contributed by atoms with Crippen LogP contribution < -0.4 is 16.2 Å². The minimum Gasteiger partial charge on any atom is -0.416 e. The van der Waals surface area contributed by atoms with Gasteiger partial charge in [-0.25, -0.2) is 9.97 Å². The molecule has 9 nitrogen and oxygen atoms in total. The predicted molar refractivity (Wildman–Crippen MR) is 159 cm³/mol. The van der Waals surface area contributed by atoms with Gasteiger partial charge in [-0.2, -0.15) is 5.26 Å². The van der Waals surface area contributed by atoms with E-state index in [0.29, 0.717) is 55.7 Å². The monoisotopic (exact) mass is 558 g/mol. The number of fused-ring (bicyclic) bond motifs is 2. The lowest BCUT2D eigenvalue weighted by molar-refractivity contribution is 0.108. The number of hydrogen-bond acceptors (Lipinski definition) is 8. The van der Waals surface area contributed by atoms with E-state index in [4.69, 9.17) is 14.1 Å². The van der Waals surface area contributed by atoms with Crippen LogP contribution in [-0.4, -0.2) is 42.6 Å². The Hall–Kier alpha value is -3.52. The highest BCUT2D eigenvalue weighted by Crippen LogP contribution is 2.44. The molecule has 0 radical (unpaired) electrons. The normalized spacial score (nSPS) is 18.4. The Morgan fingerprint density at radius 1 is 1.30 bits per heavy atom. The number of nitriles is 1. The highest BCUT2D eigenvalue weighted by molar-refractivity contribution is 6.74. The first-order chi connectivity index (χ1) is 18.8. The first-order valence-corrected chi connectivity index (χ1v) is 16.6. The van der Waals surface area contributed by atoms with Crippen molar-refractivity contribution in [2.45, 2.75) is 64.3 Å². The fourth-order valence-electron chi connectivity index (χ4n) is 5.04. The molecule has 0 fully saturated rings. The Morgan fingerprint density at radius 3 is 2.80 bits per heavy atom. The maximum Gasteiger partial charge on any atom is 0.274 e. The molecule has 0 aliphatic carbocycles. The maximum atomic E-state index is 13.0. The molecule has 0 bridgehead atoms. The molecule has 2 aromatic heterocycles. The van der Waals surface area contributed by atoms with Gasteiger partial charge in [-0.05, 0) is 53.5 Å². The largest absolute Gasteiger partial charge is 0.416 e. The van der Waals surface area contributed by atoms with Crippen LogP contribution in [0.3, 0.4) is 0 Å². The van der Waals surface area contributed by atoms with E-state index in [-0.39, 0.29) is 16.0 Å². The van der Waals surface area contributed by atoms with Crippen molar-refractivity contribution in [1.29, 1.82) is 5.26 Å². The summed E-state index contributed by atoms with van der Waals surface area (Å²) in [5, 5.41) is 16.7. The van der Waals surface area contributed by atoms with Gasteiger partial charge in [0.1, 0.15) is 11.8 Å². The van der Waals surface area contributed by atoms with Crippen molar-refractivity contribution in [3.8, 4) is 17.3 Å². The van der Waals surface area contributed by atoms with Crippen LogP contribution in [0.25, 0.3) is 11.3 Å². The quantitative estimate of drug-likeness (QED) is 0.395. The van der Waals surface area contributed by atoms with E-state index in [1.54, 1.807) is 17.8 Å². The molecule has 0 saturated heterocycles. The molecule has 0 spiro atoms. The first kappa shape index (κ1) is 28.0. The first-order valence-electron chi connectivity index (χ1n) is 13.7. The molecule has 0 amide bonds. The molecule has 0 saturated carbocycles. The van der Waals surface area contributed by atoms with Crippen molar-refractivity contribution in [1.82, 2.24) is 14.5 Å². The third kappa shape index (κ3) is 5.05. The zero-order chi connectivity index (χ0) is 28.9. The molecule has 5 rings (SSSR count). The third-order valence-electron chi connectivity index (χ3n) is 8.69. The summed E-state index contributed by atoms with van der Waals surface area (Å²) in [6, 6.07) is 9.96. The average molecular weight is 559 g/mol. The zero-order valence-electron chi connectivity index (χ0n) is 24.4. The fourth-order valence-corrected chi connectivity index (χ4v) is 6.15. The second-order valence-electron chi connectivity index (χ2n) is 12.6. The molecular formula is C30H38N6O3Si. The number of anilines is 3. The number of benzene rings is 1. The highest BCUT2D eigenvalue weighted by atomic mass is 28.4. The number of nitrogens with zero attached hydrogens (tertiary/aromatic N) is 4. The summed E-state index contributed by atoms with van der Waals surface area (Å²) in [5.41, 5.74) is 5.90. The Morgan fingerprint density at radius 2 is 2.08 bits per heavy atom. The molecule has 40 heavy (non-hydrogen) atoms. The van der Waals surface area contributed by atoms with Crippen LogP contribution in [0.1, 0.15) is 50.1 Å². The lowest BCUT2D eigenvalue weighted by atomic mass is 9.83. The molecule has 1 atom stereocenters. The predicted octanol–water partition coefficient (Wildman–Crippen LogP) is 5.24. The van der Waals surface area contributed by atoms with Crippen LogP contribution in [0.2, 0.25) is 18.1 Å². The molecule has 2 N–H and O–H groups in total. The summed E-state index contributed by atoms with van der Waals surface area (Å²) in [6.07, 6.45) is 2.37. The summed E-state index contributed by atoms with van der Waals surface area (Å²) in [6.45, 7) is 15.8. The van der Waals surface area contributed by atoms with Crippen molar-refractivity contribution >= 4 is 25.6 Å². The minimum atomic E-state index is -1.96. The van der Waals surface area contributed by atoms with Gasteiger partial charge < -0.3 is 24.4 Å². The van der Waals surface area contributed by atoms with Gasteiger partial charge in [-0.1, -0.05) is 27.7 Å². The van der Waals surface area contributed by atoms with Crippen LogP contribution in [0.15, 0.2) is 35.3 Å². The zero-order valence-corrected chi connectivity index (χ0v) is 25.4. The van der Waals surface area contributed by atoms with Gasteiger partial charge in [0, 0.05) is 49.5 Å². The molecule has 210 valence electrons. The lowest BCUT2D eigenvalue weighted by Crippen LogP contribution is -2.45. The summed E-state index contributed by atoms with van der Waals surface area (Å²) < 4.78 is 13.9. The number of rotatable bonds is 6. The molecule has 1 aromatic carbocycles. The molecule has 2 aliphatic heterocycles. The molecule has 3 aromatic rings. The van der Waals surface area contributed by atoms with E-state index in [0.717, 1.165) is 28.1 Å². The molecular weight excluding hydrogens is 520 g/mol. The molecule has 10 heteroatoms. The van der Waals surface area contributed by atoms with Crippen LogP contribution in [0.4, 0.5) is 17.3 Å². The van der Waals surface area contributed by atoms with Crippen molar-refractivity contribution in [3.05, 3.63) is 63.2 Å². The Balaban J connectivity index is 1.47. The van der Waals surface area contributed by atoms with E-state index in [1.165, 1.54) is 0 Å². The van der Waals surface area contributed by atoms with Crippen LogP contribution in [-0.2, 0) is 34.7 Å². The van der Waals surface area contributed by atoms with Crippen molar-refractivity contribution < 1.29 is 9.16 Å². The van der Waals surface area contributed by atoms with Gasteiger partial charge in [-0.15, -0.1) is 0 Å². The van der Waals surface area contributed by atoms with Gasteiger partial charge in [0.2, 0.25) is 5.95 Å². The Labute approximate surface area is 236 Å². The summed E-state index contributed by atoms with van der Waals surface area (Å²) >= 11 is 0. The number of ether oxygens (including phenoxy) is 1. The number of hydrogen-bond donors (Lipinski definition) is 2. The topological polar surface area (TPSA) is 114 Å². The van der Waals surface area contributed by atoms with E-state index < -0.39 is 8.32 Å². The van der Waals surface area contributed by atoms with E-state index in [9.17, 15) is 10.1 Å². The van der Waals surface area contributed by atoms with E-state index in [2.05, 4.69) is 68.5 Å². The SMILES string of the molecule is Cn1c2c(cc(Nc3nccc(-c4cc(C#N)c5c(c4)[C@@](C)(CO[Si](C)(C)C(C)(C)C)CN5)n3)c1=O)COCC2. The number of nitrogens with one attached hydrogen (secondary N) is 2. The van der Waals surface area contributed by atoms with E-state index >= 15 is 0 Å². The minimum absolute atomic E-state index is 0.105. The van der Waals surface area contributed by atoms with Crippen molar-refractivity contribution in [2.75, 3.05) is 30.4 Å².